The molecule has 5 heteroatoms. The van der Waals surface area contributed by atoms with E-state index in [9.17, 15) is 4.79 Å². The van der Waals surface area contributed by atoms with Gasteiger partial charge in [0.2, 0.25) is 0 Å². The van der Waals surface area contributed by atoms with Gasteiger partial charge in [-0.25, -0.2) is 0 Å². The van der Waals surface area contributed by atoms with E-state index in [1.165, 1.54) is 11.8 Å². The van der Waals surface area contributed by atoms with Crippen LogP contribution in [0.3, 0.4) is 0 Å². The van der Waals surface area contributed by atoms with Crippen LogP contribution in [0, 0.1) is 0 Å². The fourth-order valence-corrected chi connectivity index (χ4v) is 2.44. The number of hydrogen-bond donors (Lipinski definition) is 1. The number of benzene rings is 1. The topological polar surface area (TPSA) is 46.5 Å². The molecule has 0 heterocycles. The van der Waals surface area contributed by atoms with Crippen molar-refractivity contribution in [1.82, 2.24) is 0 Å². The zero-order valence-electron chi connectivity index (χ0n) is 10.3. The molecule has 0 aromatic heterocycles. The summed E-state index contributed by atoms with van der Waals surface area (Å²) in [7, 11) is 0. The summed E-state index contributed by atoms with van der Waals surface area (Å²) in [5.41, 5.74) is 0. The quantitative estimate of drug-likeness (QED) is 0.741. The number of carboxylic acids is 1. The smallest absolute Gasteiger partial charge is 0.316 e. The van der Waals surface area contributed by atoms with Crippen molar-refractivity contribution in [2.45, 2.75) is 25.0 Å². The fourth-order valence-electron chi connectivity index (χ4n) is 1.37. The lowest BCUT2D eigenvalue weighted by molar-refractivity contribution is -0.136. The molecular formula is C13H17ClO3S. The minimum absolute atomic E-state index is 0.305. The highest BCUT2D eigenvalue weighted by Gasteiger charge is 2.14. The maximum atomic E-state index is 10.8. The Labute approximate surface area is 116 Å². The van der Waals surface area contributed by atoms with Crippen LogP contribution in [0.15, 0.2) is 24.3 Å². The molecule has 0 radical (unpaired) electrons. The van der Waals surface area contributed by atoms with Crippen LogP contribution in [0.5, 0.6) is 5.75 Å². The van der Waals surface area contributed by atoms with Crippen molar-refractivity contribution in [1.29, 1.82) is 0 Å². The number of thioether (sulfide) groups is 1. The number of halogens is 1. The van der Waals surface area contributed by atoms with E-state index in [2.05, 4.69) is 0 Å². The van der Waals surface area contributed by atoms with E-state index < -0.39 is 5.97 Å². The van der Waals surface area contributed by atoms with Crippen LogP contribution in [-0.2, 0) is 4.79 Å². The van der Waals surface area contributed by atoms with Gasteiger partial charge in [-0.2, -0.15) is 0 Å². The van der Waals surface area contributed by atoms with Gasteiger partial charge in [-0.15, -0.1) is 11.8 Å². The summed E-state index contributed by atoms with van der Waals surface area (Å²) in [6, 6.07) is 7.20. The zero-order chi connectivity index (χ0) is 13.4. The van der Waals surface area contributed by atoms with Crippen LogP contribution in [0.25, 0.3) is 0 Å². The first kappa shape index (κ1) is 15.2. The van der Waals surface area contributed by atoms with Gasteiger partial charge in [0.05, 0.1) is 6.61 Å². The third-order valence-electron chi connectivity index (χ3n) is 2.34. The third kappa shape index (κ3) is 5.65. The van der Waals surface area contributed by atoms with Gasteiger partial charge in [-0.1, -0.05) is 18.5 Å². The highest BCUT2D eigenvalue weighted by atomic mass is 35.5. The summed E-state index contributed by atoms with van der Waals surface area (Å²) < 4.78 is 5.52. The Morgan fingerprint density at radius 1 is 1.44 bits per heavy atom. The summed E-state index contributed by atoms with van der Waals surface area (Å²) >= 11 is 7.23. The molecule has 0 amide bonds. The Hall–Kier alpha value is -0.870. The average Bonchev–Trinajstić information content (AvgIpc) is 2.35. The number of hydrogen-bond acceptors (Lipinski definition) is 3. The highest BCUT2D eigenvalue weighted by Crippen LogP contribution is 2.18. The molecule has 0 bridgehead atoms. The molecule has 0 fully saturated rings. The van der Waals surface area contributed by atoms with E-state index in [1.807, 2.05) is 19.1 Å². The Balaban J connectivity index is 2.15. The molecule has 0 aliphatic rings. The Kier molecular flexibility index (Phi) is 6.98. The normalized spacial score (nSPS) is 12.1. The van der Waals surface area contributed by atoms with Crippen LogP contribution in [0.2, 0.25) is 5.02 Å². The molecule has 0 saturated carbocycles. The van der Waals surface area contributed by atoms with Crippen LogP contribution >= 0.6 is 23.4 Å². The third-order valence-corrected chi connectivity index (χ3v) is 4.05. The van der Waals surface area contributed by atoms with Gasteiger partial charge >= 0.3 is 5.97 Å². The first-order chi connectivity index (χ1) is 8.63. The molecular weight excluding hydrogens is 272 g/mol. The van der Waals surface area contributed by atoms with Gasteiger partial charge in [-0.05, 0) is 42.9 Å². The summed E-state index contributed by atoms with van der Waals surface area (Å²) in [6.45, 7) is 2.47. The minimum Gasteiger partial charge on any atom is -0.494 e. The average molecular weight is 289 g/mol. The van der Waals surface area contributed by atoms with Gasteiger partial charge < -0.3 is 9.84 Å². The maximum absolute atomic E-state index is 10.8. The number of ether oxygens (including phenoxy) is 1. The Morgan fingerprint density at radius 3 is 2.67 bits per heavy atom. The summed E-state index contributed by atoms with van der Waals surface area (Å²) in [5.74, 6) is 0.842. The second kappa shape index (κ2) is 8.27. The molecule has 18 heavy (non-hydrogen) atoms. The zero-order valence-corrected chi connectivity index (χ0v) is 11.8. The highest BCUT2D eigenvalue weighted by molar-refractivity contribution is 8.00. The van der Waals surface area contributed by atoms with Crippen molar-refractivity contribution in [2.24, 2.45) is 0 Å². The van der Waals surface area contributed by atoms with E-state index in [0.717, 1.165) is 17.9 Å². The largest absolute Gasteiger partial charge is 0.494 e. The second-order valence-electron chi connectivity index (χ2n) is 3.76. The van der Waals surface area contributed by atoms with E-state index in [0.29, 0.717) is 18.1 Å². The van der Waals surface area contributed by atoms with Crippen molar-refractivity contribution < 1.29 is 14.6 Å². The number of rotatable bonds is 8. The predicted molar refractivity (Wildman–Crippen MR) is 75.7 cm³/mol. The van der Waals surface area contributed by atoms with Crippen molar-refractivity contribution in [3.05, 3.63) is 29.3 Å². The molecule has 0 aliphatic carbocycles. The maximum Gasteiger partial charge on any atom is 0.316 e. The second-order valence-corrected chi connectivity index (χ2v) is 5.51. The van der Waals surface area contributed by atoms with Gasteiger partial charge in [0.1, 0.15) is 11.0 Å². The van der Waals surface area contributed by atoms with Gasteiger partial charge in [0.15, 0.2) is 0 Å². The molecule has 0 spiro atoms. The molecule has 1 atom stereocenters. The van der Waals surface area contributed by atoms with Crippen LogP contribution in [0.1, 0.15) is 19.8 Å². The SMILES string of the molecule is CCC(SCCCOc1ccc(Cl)cc1)C(=O)O. The van der Waals surface area contributed by atoms with Crippen LogP contribution in [0.4, 0.5) is 0 Å². The minimum atomic E-state index is -0.735. The van der Waals surface area contributed by atoms with Crippen molar-refractivity contribution in [3.63, 3.8) is 0 Å². The predicted octanol–water partition coefficient (Wildman–Crippen LogP) is 3.71. The summed E-state index contributed by atoms with van der Waals surface area (Å²) in [5, 5.41) is 9.25. The molecule has 1 aromatic rings. The summed E-state index contributed by atoms with van der Waals surface area (Å²) in [4.78, 5) is 10.8. The lowest BCUT2D eigenvalue weighted by Crippen LogP contribution is -2.15. The Bertz CT molecular complexity index is 367. The Morgan fingerprint density at radius 2 is 2.11 bits per heavy atom. The van der Waals surface area contributed by atoms with Crippen molar-refractivity contribution >= 4 is 29.3 Å². The summed E-state index contributed by atoms with van der Waals surface area (Å²) in [6.07, 6.45) is 1.48. The lowest BCUT2D eigenvalue weighted by Gasteiger charge is -2.09. The lowest BCUT2D eigenvalue weighted by atomic mass is 10.3. The van der Waals surface area contributed by atoms with Crippen molar-refractivity contribution in [2.75, 3.05) is 12.4 Å². The standard InChI is InChI=1S/C13H17ClO3S/c1-2-12(13(15)16)18-9-3-8-17-11-6-4-10(14)5-7-11/h4-7,12H,2-3,8-9H2,1H3,(H,15,16). The number of carboxylic acid groups (broad SMARTS) is 1. The molecule has 0 saturated heterocycles. The molecule has 3 nitrogen and oxygen atoms in total. The van der Waals surface area contributed by atoms with E-state index in [4.69, 9.17) is 21.4 Å². The molecule has 1 aromatic carbocycles. The molecule has 1 N–H and O–H groups in total. The van der Waals surface area contributed by atoms with E-state index in [-0.39, 0.29) is 5.25 Å². The molecule has 1 rings (SSSR count). The van der Waals surface area contributed by atoms with Gasteiger partial charge in [0.25, 0.3) is 0 Å². The van der Waals surface area contributed by atoms with Crippen LogP contribution < -0.4 is 4.74 Å². The number of aliphatic carboxylic acids is 1. The molecule has 1 unspecified atom stereocenters. The van der Waals surface area contributed by atoms with Crippen LogP contribution in [-0.4, -0.2) is 28.7 Å². The van der Waals surface area contributed by atoms with E-state index >= 15 is 0 Å². The molecule has 100 valence electrons. The van der Waals surface area contributed by atoms with Gasteiger partial charge in [0, 0.05) is 5.02 Å². The van der Waals surface area contributed by atoms with Gasteiger partial charge in [-0.3, -0.25) is 4.79 Å². The first-order valence-corrected chi connectivity index (χ1v) is 7.29. The fraction of sp³-hybridized carbons (Fsp3) is 0.462. The van der Waals surface area contributed by atoms with E-state index in [1.54, 1.807) is 12.1 Å². The monoisotopic (exact) mass is 288 g/mol. The first-order valence-electron chi connectivity index (χ1n) is 5.86. The molecule has 0 aliphatic heterocycles. The van der Waals surface area contributed by atoms with Crippen molar-refractivity contribution in [3.8, 4) is 5.75 Å². The number of carbonyl (C=O) groups is 1.